The number of carbonyl (C=O) groups is 1. The molecule has 0 rings (SSSR count). The van der Waals surface area contributed by atoms with Crippen molar-refractivity contribution in [3.63, 3.8) is 0 Å². The molecule has 0 aromatic heterocycles. The molecule has 0 spiro atoms. The molecule has 2 unspecified atom stereocenters. The van der Waals surface area contributed by atoms with Crippen LogP contribution in [0.25, 0.3) is 0 Å². The van der Waals surface area contributed by atoms with Crippen molar-refractivity contribution in [3.05, 3.63) is 0 Å². The summed E-state index contributed by atoms with van der Waals surface area (Å²) < 4.78 is 0. The van der Waals surface area contributed by atoms with Crippen LogP contribution in [0.4, 0.5) is 0 Å². The van der Waals surface area contributed by atoms with E-state index in [-0.39, 0.29) is 11.3 Å². The fourth-order valence-electron chi connectivity index (χ4n) is 0. The van der Waals surface area contributed by atoms with E-state index < -0.39 is 0 Å². The fourth-order valence-corrected chi connectivity index (χ4v) is 0. The average molecular weight is 99.9 g/mol. The van der Waals surface area contributed by atoms with Crippen molar-refractivity contribution in [2.45, 2.75) is 12.7 Å². The molecular formula is C3H6BOP. The lowest BCUT2D eigenvalue weighted by atomic mass is 9.91. The molecule has 0 aliphatic rings. The average Bonchev–Trinajstić information content (AvgIpc) is 1.36. The van der Waals surface area contributed by atoms with E-state index in [0.717, 1.165) is 0 Å². The minimum absolute atomic E-state index is 0.0463. The highest BCUT2D eigenvalue weighted by molar-refractivity contribution is 7.40. The van der Waals surface area contributed by atoms with E-state index in [1.807, 2.05) is 9.24 Å². The zero-order valence-electron chi connectivity index (χ0n) is 3.64. The summed E-state index contributed by atoms with van der Waals surface area (Å²) in [5.41, 5.74) is -0.0463. The Bertz CT molecular complexity index is 61.8. The van der Waals surface area contributed by atoms with E-state index in [1.165, 1.54) is 0 Å². The Morgan fingerprint density at radius 2 is 2.17 bits per heavy atom. The van der Waals surface area contributed by atoms with Crippen LogP contribution in [0.5, 0.6) is 0 Å². The first-order valence-electron chi connectivity index (χ1n) is 1.69. The Hall–Kier alpha value is 0.165. The van der Waals surface area contributed by atoms with Gasteiger partial charge in [-0.3, -0.25) is 4.79 Å². The molecule has 0 heterocycles. The van der Waals surface area contributed by atoms with Crippen LogP contribution in [0.2, 0.25) is 5.82 Å². The van der Waals surface area contributed by atoms with Crippen molar-refractivity contribution in [3.8, 4) is 0 Å². The first kappa shape index (κ1) is 6.16. The van der Waals surface area contributed by atoms with Gasteiger partial charge in [-0.1, -0.05) is 16.2 Å². The molecule has 0 aliphatic carbocycles. The molecule has 1 nitrogen and oxygen atoms in total. The molecule has 2 radical (unpaired) electrons. The van der Waals surface area contributed by atoms with Gasteiger partial charge in [0.15, 0.2) is 0 Å². The topological polar surface area (TPSA) is 17.1 Å². The minimum atomic E-state index is -0.324. The highest BCUT2D eigenvalue weighted by Crippen LogP contribution is 2.01. The summed E-state index contributed by atoms with van der Waals surface area (Å²) in [6.07, 6.45) is 0. The monoisotopic (exact) mass is 100 g/mol. The molecule has 0 bridgehead atoms. The van der Waals surface area contributed by atoms with Gasteiger partial charge < -0.3 is 0 Å². The second-order valence-electron chi connectivity index (χ2n) is 1.19. The van der Waals surface area contributed by atoms with Gasteiger partial charge in [0.1, 0.15) is 5.52 Å². The van der Waals surface area contributed by atoms with Crippen molar-refractivity contribution < 1.29 is 4.79 Å². The van der Waals surface area contributed by atoms with Gasteiger partial charge in [0.2, 0.25) is 0 Å². The Labute approximate surface area is 41.1 Å². The molecule has 2 atom stereocenters. The van der Waals surface area contributed by atoms with Crippen LogP contribution in [0.15, 0.2) is 0 Å². The van der Waals surface area contributed by atoms with Crippen LogP contribution >= 0.6 is 9.24 Å². The molecule has 0 aromatic carbocycles. The molecule has 0 fully saturated rings. The van der Waals surface area contributed by atoms with Gasteiger partial charge in [-0.25, -0.2) is 0 Å². The molecule has 3 heteroatoms. The second-order valence-corrected chi connectivity index (χ2v) is 1.76. The van der Waals surface area contributed by atoms with Crippen molar-refractivity contribution in [1.82, 2.24) is 0 Å². The molecule has 0 aromatic rings. The lowest BCUT2D eigenvalue weighted by Gasteiger charge is -1.90. The first-order chi connectivity index (χ1) is 2.64. The fraction of sp³-hybridized carbons (Fsp3) is 0.667. The molecule has 0 N–H and O–H groups in total. The standard InChI is InChI=1S/C3H6BOP/c1-2(4)3(5)6/h2H,6H2,1H3. The zero-order chi connectivity index (χ0) is 5.15. The van der Waals surface area contributed by atoms with Gasteiger partial charge in [0.05, 0.1) is 7.85 Å². The second kappa shape index (κ2) is 2.36. The van der Waals surface area contributed by atoms with Gasteiger partial charge >= 0.3 is 0 Å². The van der Waals surface area contributed by atoms with E-state index >= 15 is 0 Å². The largest absolute Gasteiger partial charge is 0.296 e. The molecule has 0 aliphatic heterocycles. The predicted octanol–water partition coefficient (Wildman–Crippen LogP) is 0.365. The Morgan fingerprint density at radius 3 is 2.17 bits per heavy atom. The molecule has 0 saturated carbocycles. The number of carbonyl (C=O) groups excluding carboxylic acids is 1. The van der Waals surface area contributed by atoms with Crippen LogP contribution in [-0.2, 0) is 4.79 Å². The van der Waals surface area contributed by atoms with Crippen molar-refractivity contribution in [2.24, 2.45) is 0 Å². The quantitative estimate of drug-likeness (QED) is 0.343. The first-order valence-corrected chi connectivity index (χ1v) is 2.27. The predicted molar refractivity (Wildman–Crippen MR) is 29.9 cm³/mol. The van der Waals surface area contributed by atoms with E-state index in [4.69, 9.17) is 7.85 Å². The van der Waals surface area contributed by atoms with Crippen molar-refractivity contribution in [1.29, 1.82) is 0 Å². The Morgan fingerprint density at radius 1 is 2.00 bits per heavy atom. The molecule has 32 valence electrons. The summed E-state index contributed by atoms with van der Waals surface area (Å²) in [5, 5.41) is 0. The third-order valence-corrected chi connectivity index (χ3v) is 0.975. The van der Waals surface area contributed by atoms with E-state index in [0.29, 0.717) is 0 Å². The molecule has 0 amide bonds. The third kappa shape index (κ3) is 2.41. The van der Waals surface area contributed by atoms with Gasteiger partial charge in [0, 0.05) is 0 Å². The normalized spacial score (nSPS) is 13.7. The van der Waals surface area contributed by atoms with Crippen molar-refractivity contribution in [2.75, 3.05) is 0 Å². The Balaban J connectivity index is 3.26. The Kier molecular flexibility index (Phi) is 2.42. The van der Waals surface area contributed by atoms with Gasteiger partial charge in [0.25, 0.3) is 0 Å². The maximum atomic E-state index is 9.98. The zero-order valence-corrected chi connectivity index (χ0v) is 4.79. The van der Waals surface area contributed by atoms with E-state index in [2.05, 4.69) is 0 Å². The number of hydrogen-bond acceptors (Lipinski definition) is 1. The van der Waals surface area contributed by atoms with Crippen LogP contribution in [0, 0.1) is 0 Å². The van der Waals surface area contributed by atoms with Crippen LogP contribution < -0.4 is 0 Å². The van der Waals surface area contributed by atoms with Crippen LogP contribution in [-0.4, -0.2) is 13.4 Å². The summed E-state index contributed by atoms with van der Waals surface area (Å²) >= 11 is 0. The molecular weight excluding hydrogens is 93.8 g/mol. The van der Waals surface area contributed by atoms with Crippen LogP contribution in [0.1, 0.15) is 6.92 Å². The van der Waals surface area contributed by atoms with Gasteiger partial charge in [-0.05, 0) is 5.82 Å². The third-order valence-electron chi connectivity index (χ3n) is 0.449. The maximum absolute atomic E-state index is 9.98. The highest BCUT2D eigenvalue weighted by atomic mass is 31.0. The summed E-state index contributed by atoms with van der Waals surface area (Å²) in [7, 11) is 7.07. The van der Waals surface area contributed by atoms with Gasteiger partial charge in [-0.15, -0.1) is 0 Å². The summed E-state index contributed by atoms with van der Waals surface area (Å²) in [6.45, 7) is 1.65. The smallest absolute Gasteiger partial charge is 0.142 e. The molecule has 0 saturated heterocycles. The van der Waals surface area contributed by atoms with Crippen LogP contribution in [0.3, 0.4) is 0 Å². The lowest BCUT2D eigenvalue weighted by Crippen LogP contribution is -1.92. The highest BCUT2D eigenvalue weighted by Gasteiger charge is 1.94. The summed E-state index contributed by atoms with van der Waals surface area (Å²) in [4.78, 5) is 9.98. The van der Waals surface area contributed by atoms with Crippen molar-refractivity contribution >= 4 is 22.6 Å². The molecule has 6 heavy (non-hydrogen) atoms. The number of rotatable bonds is 1. The SMILES string of the molecule is [B]C(C)C(=O)P. The maximum Gasteiger partial charge on any atom is 0.142 e. The van der Waals surface area contributed by atoms with E-state index in [9.17, 15) is 4.79 Å². The minimum Gasteiger partial charge on any atom is -0.296 e. The summed E-state index contributed by atoms with van der Waals surface area (Å²) in [5.74, 6) is -0.324. The number of hydrogen-bond donors (Lipinski definition) is 0. The van der Waals surface area contributed by atoms with Gasteiger partial charge in [-0.2, -0.15) is 0 Å². The summed E-state index contributed by atoms with van der Waals surface area (Å²) in [6, 6.07) is 0. The van der Waals surface area contributed by atoms with E-state index in [1.54, 1.807) is 6.92 Å². The lowest BCUT2D eigenvalue weighted by molar-refractivity contribution is -0.110.